The number of carbonyl (C=O) groups is 3. The Morgan fingerprint density at radius 3 is 2.75 bits per heavy atom. The number of aromatic nitrogens is 1. The number of esters is 1. The van der Waals surface area contributed by atoms with E-state index in [1.165, 1.54) is 6.26 Å². The summed E-state index contributed by atoms with van der Waals surface area (Å²) in [6.07, 6.45) is 6.82. The molecule has 1 aromatic carbocycles. The number of rotatable bonds is 5. The molecule has 3 aromatic rings. The number of halogens is 1. The summed E-state index contributed by atoms with van der Waals surface area (Å²) in [5.74, 6) is 0.0476. The van der Waals surface area contributed by atoms with Crippen molar-refractivity contribution in [3.05, 3.63) is 76.9 Å². The van der Waals surface area contributed by atoms with Crippen molar-refractivity contribution < 1.29 is 28.6 Å². The van der Waals surface area contributed by atoms with E-state index in [2.05, 4.69) is 6.92 Å². The Hall–Kier alpha value is -2.94. The summed E-state index contributed by atoms with van der Waals surface area (Å²) in [5, 5.41) is 13.3. The molecule has 1 N–H and O–H groups in total. The molecule has 4 aliphatic rings. The fourth-order valence-electron chi connectivity index (χ4n) is 9.29. The van der Waals surface area contributed by atoms with Crippen molar-refractivity contribution in [3.63, 3.8) is 0 Å². The number of aliphatic hydroxyl groups is 1. The Morgan fingerprint density at radius 1 is 1.14 bits per heavy atom. The standard InChI is InChI=1S/C35H36ClNO6S/c1-33-13-11-24(38)16-21(33)7-10-25-26-12-14-35(34(26,2)18-28(39)30(25)33,43-31(40)29-4-3-15-42-29)32(41)44-19-23-9-6-20-5-8-22(36)17-27(20)37-23/h3-6,8-9,15-17,25-26,28,30,39H,7,10-14,18-19H2,1-2H3/t25?,26?,28-,30?,33?,34?,35-/m0/s1. The normalized spacial score (nSPS) is 34.5. The lowest BCUT2D eigenvalue weighted by Crippen LogP contribution is -2.62. The molecule has 0 aliphatic heterocycles. The third kappa shape index (κ3) is 4.59. The number of nitrogens with zero attached hydrogens (tertiary/aromatic N) is 1. The number of allylic oxidation sites excluding steroid dienone is 1. The molecule has 3 fully saturated rings. The molecule has 0 amide bonds. The van der Waals surface area contributed by atoms with Crippen LogP contribution in [0.1, 0.15) is 75.0 Å². The van der Waals surface area contributed by atoms with Crippen LogP contribution in [0.2, 0.25) is 5.02 Å². The van der Waals surface area contributed by atoms with Crippen molar-refractivity contribution >= 4 is 51.1 Å². The van der Waals surface area contributed by atoms with E-state index >= 15 is 0 Å². The van der Waals surface area contributed by atoms with Crippen molar-refractivity contribution in [2.75, 3.05) is 0 Å². The van der Waals surface area contributed by atoms with E-state index in [1.54, 1.807) is 18.2 Å². The third-order valence-electron chi connectivity index (χ3n) is 11.4. The minimum atomic E-state index is -1.45. The van der Waals surface area contributed by atoms with Gasteiger partial charge in [-0.2, -0.15) is 0 Å². The maximum atomic E-state index is 14.5. The summed E-state index contributed by atoms with van der Waals surface area (Å²) in [6, 6.07) is 12.5. The number of aliphatic hydroxyl groups excluding tert-OH is 1. The fraction of sp³-hybridized carbons (Fsp3) is 0.486. The zero-order chi connectivity index (χ0) is 30.9. The molecule has 4 aliphatic carbocycles. The van der Waals surface area contributed by atoms with Gasteiger partial charge in [-0.3, -0.25) is 14.6 Å². The van der Waals surface area contributed by atoms with Crippen LogP contribution in [-0.4, -0.2) is 38.7 Å². The van der Waals surface area contributed by atoms with Gasteiger partial charge in [0, 0.05) is 28.0 Å². The van der Waals surface area contributed by atoms with Crippen LogP contribution in [0.5, 0.6) is 0 Å². The lowest BCUT2D eigenvalue weighted by Gasteiger charge is -2.60. The zero-order valence-electron chi connectivity index (χ0n) is 24.9. The van der Waals surface area contributed by atoms with Crippen molar-refractivity contribution in [2.45, 2.75) is 76.3 Å². The van der Waals surface area contributed by atoms with Gasteiger partial charge in [-0.25, -0.2) is 4.79 Å². The fourth-order valence-corrected chi connectivity index (χ4v) is 10.5. The van der Waals surface area contributed by atoms with Crippen molar-refractivity contribution in [1.29, 1.82) is 0 Å². The Morgan fingerprint density at radius 2 is 1.95 bits per heavy atom. The number of hydrogen-bond acceptors (Lipinski definition) is 8. The minimum absolute atomic E-state index is 0.0124. The number of thioether (sulfide) groups is 1. The second-order valence-corrected chi connectivity index (χ2v) is 14.9. The predicted octanol–water partition coefficient (Wildman–Crippen LogP) is 7.34. The summed E-state index contributed by atoms with van der Waals surface area (Å²) in [6.45, 7) is 4.24. The first kappa shape index (κ1) is 29.8. The molecule has 230 valence electrons. The number of carbonyl (C=O) groups excluding carboxylic acids is 3. The smallest absolute Gasteiger partial charge is 0.375 e. The largest absolute Gasteiger partial charge is 0.457 e. The Bertz CT molecular complexity index is 1690. The van der Waals surface area contributed by atoms with Crippen LogP contribution in [0.4, 0.5) is 0 Å². The highest BCUT2D eigenvalue weighted by atomic mass is 35.5. The summed E-state index contributed by atoms with van der Waals surface area (Å²) in [5.41, 5.74) is 0.142. The van der Waals surface area contributed by atoms with E-state index in [0.717, 1.165) is 53.2 Å². The molecule has 0 spiro atoms. The number of hydrogen-bond donors (Lipinski definition) is 1. The van der Waals surface area contributed by atoms with Crippen LogP contribution in [0.3, 0.4) is 0 Å². The molecular weight excluding hydrogens is 598 g/mol. The van der Waals surface area contributed by atoms with Gasteiger partial charge in [-0.15, -0.1) is 0 Å². The molecule has 2 aromatic heterocycles. The molecule has 44 heavy (non-hydrogen) atoms. The number of pyridine rings is 1. The van der Waals surface area contributed by atoms with Gasteiger partial charge in [-0.05, 0) is 98.1 Å². The summed E-state index contributed by atoms with van der Waals surface area (Å²) >= 11 is 7.30. The van der Waals surface area contributed by atoms with Crippen LogP contribution in [0, 0.1) is 28.6 Å². The molecule has 0 bridgehead atoms. The van der Waals surface area contributed by atoms with Crippen molar-refractivity contribution in [1.82, 2.24) is 4.98 Å². The van der Waals surface area contributed by atoms with Gasteiger partial charge in [0.2, 0.25) is 10.9 Å². The third-order valence-corrected chi connectivity index (χ3v) is 12.7. The Kier molecular flexibility index (Phi) is 7.34. The van der Waals surface area contributed by atoms with Crippen LogP contribution in [-0.2, 0) is 20.1 Å². The lowest BCUT2D eigenvalue weighted by atomic mass is 9.45. The quantitative estimate of drug-likeness (QED) is 0.291. The summed E-state index contributed by atoms with van der Waals surface area (Å²) in [4.78, 5) is 45.0. The van der Waals surface area contributed by atoms with Crippen LogP contribution >= 0.6 is 23.4 Å². The number of benzene rings is 1. The van der Waals surface area contributed by atoms with Crippen LogP contribution in [0.15, 0.2) is 64.8 Å². The summed E-state index contributed by atoms with van der Waals surface area (Å²) < 4.78 is 11.7. The van der Waals surface area contributed by atoms with Gasteiger partial charge in [0.05, 0.1) is 23.6 Å². The molecule has 7 atom stereocenters. The molecule has 0 saturated heterocycles. The maximum absolute atomic E-state index is 14.5. The first-order valence-electron chi connectivity index (χ1n) is 15.5. The van der Waals surface area contributed by atoms with E-state index in [9.17, 15) is 19.5 Å². The molecular formula is C35H36ClNO6S. The molecule has 2 heterocycles. The van der Waals surface area contributed by atoms with Crippen LogP contribution in [0.25, 0.3) is 10.9 Å². The first-order valence-corrected chi connectivity index (χ1v) is 16.8. The second kappa shape index (κ2) is 10.8. The summed E-state index contributed by atoms with van der Waals surface area (Å²) in [7, 11) is 0. The number of fused-ring (bicyclic) bond motifs is 6. The number of ether oxygens (including phenoxy) is 1. The molecule has 3 saturated carbocycles. The SMILES string of the molecule is CC12CCC(=O)C=C1CCC1C2[C@@H](O)CC2(C)C1CC[C@]2(OC(=O)c1ccco1)C(=O)SCc1ccc2ccc(Cl)cc2n1. The van der Waals surface area contributed by atoms with Gasteiger partial charge in [0.25, 0.3) is 0 Å². The maximum Gasteiger partial charge on any atom is 0.375 e. The number of furan rings is 1. The molecule has 9 heteroatoms. The van der Waals surface area contributed by atoms with Gasteiger partial charge >= 0.3 is 5.97 Å². The topological polar surface area (TPSA) is 107 Å². The van der Waals surface area contributed by atoms with Gasteiger partial charge in [0.15, 0.2) is 11.4 Å². The molecule has 7 nitrogen and oxygen atoms in total. The van der Waals surface area contributed by atoms with E-state index < -0.39 is 23.1 Å². The minimum Gasteiger partial charge on any atom is -0.457 e. The highest BCUT2D eigenvalue weighted by Crippen LogP contribution is 2.69. The van der Waals surface area contributed by atoms with Crippen LogP contribution < -0.4 is 0 Å². The van der Waals surface area contributed by atoms with Gasteiger partial charge in [0.1, 0.15) is 0 Å². The Balaban J connectivity index is 1.22. The average Bonchev–Trinajstić information content (AvgIpc) is 3.63. The average molecular weight is 634 g/mol. The van der Waals surface area contributed by atoms with E-state index in [4.69, 9.17) is 25.7 Å². The van der Waals surface area contributed by atoms with E-state index in [0.29, 0.717) is 36.5 Å². The van der Waals surface area contributed by atoms with Crippen molar-refractivity contribution in [3.8, 4) is 0 Å². The zero-order valence-corrected chi connectivity index (χ0v) is 26.5. The highest BCUT2D eigenvalue weighted by Gasteiger charge is 2.70. The van der Waals surface area contributed by atoms with Gasteiger partial charge < -0.3 is 14.3 Å². The first-order chi connectivity index (χ1) is 21.0. The lowest BCUT2D eigenvalue weighted by molar-refractivity contribution is -0.176. The second-order valence-electron chi connectivity index (χ2n) is 13.5. The highest BCUT2D eigenvalue weighted by molar-refractivity contribution is 8.13. The van der Waals surface area contributed by atoms with Gasteiger partial charge in [-0.1, -0.05) is 54.9 Å². The predicted molar refractivity (Wildman–Crippen MR) is 168 cm³/mol. The molecule has 0 radical (unpaired) electrons. The molecule has 5 unspecified atom stereocenters. The molecule has 7 rings (SSSR count). The Labute approximate surface area is 265 Å². The number of ketones is 1. The monoisotopic (exact) mass is 633 g/mol. The van der Waals surface area contributed by atoms with E-state index in [1.807, 2.05) is 37.3 Å². The van der Waals surface area contributed by atoms with Crippen molar-refractivity contribution in [2.24, 2.45) is 28.6 Å². The van der Waals surface area contributed by atoms with E-state index in [-0.39, 0.29) is 39.8 Å².